The number of anilines is 1. The Balaban J connectivity index is 1.93. The third-order valence-electron chi connectivity index (χ3n) is 3.20. The molecule has 0 aliphatic carbocycles. The van der Waals surface area contributed by atoms with Crippen LogP contribution < -0.4 is 10.1 Å². The van der Waals surface area contributed by atoms with Crippen LogP contribution in [-0.2, 0) is 9.53 Å². The number of carbonyl (C=O) groups excluding carboxylic acids is 2. The second-order valence-corrected chi connectivity index (χ2v) is 5.83. The summed E-state index contributed by atoms with van der Waals surface area (Å²) in [5.74, 6) is -1.13. The monoisotopic (exact) mass is 393 g/mol. The number of carbonyl (C=O) groups is 2. The summed E-state index contributed by atoms with van der Waals surface area (Å²) in [5.41, 5.74) is 1.53. The van der Waals surface area contributed by atoms with Crippen molar-refractivity contribution in [2.75, 3.05) is 19.0 Å². The van der Waals surface area contributed by atoms with Crippen LogP contribution in [0.15, 0.2) is 40.9 Å². The molecule has 0 bridgehead atoms. The molecule has 0 unspecified atom stereocenters. The first-order valence-electron chi connectivity index (χ1n) is 7.01. The number of esters is 1. The third-order valence-corrected chi connectivity index (χ3v) is 4.09. The van der Waals surface area contributed by atoms with Gasteiger partial charge in [0.1, 0.15) is 17.1 Å². The molecule has 7 heteroatoms. The Kier molecular flexibility index (Phi) is 5.81. The second-order valence-electron chi connectivity index (χ2n) is 4.97. The van der Waals surface area contributed by atoms with E-state index in [1.807, 2.05) is 13.0 Å². The van der Waals surface area contributed by atoms with Gasteiger partial charge in [0.2, 0.25) is 0 Å². The van der Waals surface area contributed by atoms with Gasteiger partial charge >= 0.3 is 5.97 Å². The molecule has 24 heavy (non-hydrogen) atoms. The van der Waals surface area contributed by atoms with Crippen molar-refractivity contribution in [3.63, 3.8) is 0 Å². The molecular formula is C17H16BrNO5. The van der Waals surface area contributed by atoms with E-state index in [0.717, 1.165) is 10.0 Å². The number of nitrogens with one attached hydrogen (secondary N) is 1. The number of hydrogen-bond acceptors (Lipinski definition) is 5. The van der Waals surface area contributed by atoms with Gasteiger partial charge in [-0.15, -0.1) is 0 Å². The minimum absolute atomic E-state index is 0.0388. The minimum Gasteiger partial charge on any atom is -0.507 e. The number of aryl methyl sites for hydroxylation is 1. The fourth-order valence-electron chi connectivity index (χ4n) is 1.94. The Morgan fingerprint density at radius 3 is 2.58 bits per heavy atom. The maximum Gasteiger partial charge on any atom is 0.342 e. The summed E-state index contributed by atoms with van der Waals surface area (Å²) in [6, 6.07) is 9.51. The first-order valence-corrected chi connectivity index (χ1v) is 7.80. The quantitative estimate of drug-likeness (QED) is 0.761. The molecular weight excluding hydrogens is 378 g/mol. The minimum atomic E-state index is -0.794. The molecule has 6 nitrogen and oxygen atoms in total. The van der Waals surface area contributed by atoms with Crippen LogP contribution >= 0.6 is 15.9 Å². The Bertz CT molecular complexity index is 776. The predicted molar refractivity (Wildman–Crippen MR) is 92.5 cm³/mol. The van der Waals surface area contributed by atoms with E-state index in [1.54, 1.807) is 12.1 Å². The summed E-state index contributed by atoms with van der Waals surface area (Å²) in [7, 11) is 1.45. The first-order chi connectivity index (χ1) is 11.4. The summed E-state index contributed by atoms with van der Waals surface area (Å²) in [6.45, 7) is 1.44. The highest BCUT2D eigenvalue weighted by Crippen LogP contribution is 2.24. The van der Waals surface area contributed by atoms with Gasteiger partial charge in [-0.3, -0.25) is 4.79 Å². The lowest BCUT2D eigenvalue weighted by Gasteiger charge is -2.09. The Morgan fingerprint density at radius 2 is 1.96 bits per heavy atom. The van der Waals surface area contributed by atoms with Gasteiger partial charge in [0.15, 0.2) is 6.61 Å². The summed E-state index contributed by atoms with van der Waals surface area (Å²) in [5, 5.41) is 12.4. The number of benzene rings is 2. The van der Waals surface area contributed by atoms with Crippen molar-refractivity contribution in [2.24, 2.45) is 0 Å². The lowest BCUT2D eigenvalue weighted by atomic mass is 10.2. The summed E-state index contributed by atoms with van der Waals surface area (Å²) in [6.07, 6.45) is 0. The summed E-state index contributed by atoms with van der Waals surface area (Å²) >= 11 is 3.37. The second kappa shape index (κ2) is 7.83. The van der Waals surface area contributed by atoms with E-state index in [2.05, 4.69) is 21.2 Å². The number of amides is 1. The van der Waals surface area contributed by atoms with Crippen LogP contribution in [0.25, 0.3) is 0 Å². The smallest absolute Gasteiger partial charge is 0.342 e. The van der Waals surface area contributed by atoms with Crippen LogP contribution in [0.2, 0.25) is 0 Å². The molecule has 0 atom stereocenters. The van der Waals surface area contributed by atoms with E-state index in [9.17, 15) is 14.7 Å². The van der Waals surface area contributed by atoms with Crippen LogP contribution in [-0.4, -0.2) is 30.7 Å². The van der Waals surface area contributed by atoms with Crippen molar-refractivity contribution < 1.29 is 24.2 Å². The van der Waals surface area contributed by atoms with Crippen molar-refractivity contribution in [2.45, 2.75) is 6.92 Å². The molecule has 0 saturated heterocycles. The summed E-state index contributed by atoms with van der Waals surface area (Å²) in [4.78, 5) is 23.8. The van der Waals surface area contributed by atoms with E-state index in [4.69, 9.17) is 9.47 Å². The number of hydrogen-bond donors (Lipinski definition) is 2. The Hall–Kier alpha value is -2.54. The van der Waals surface area contributed by atoms with Crippen molar-refractivity contribution in [3.8, 4) is 11.5 Å². The number of phenolic OH excluding ortho intramolecular Hbond substituents is 1. The average Bonchev–Trinajstić information content (AvgIpc) is 2.56. The molecule has 2 aromatic carbocycles. The first kappa shape index (κ1) is 17.8. The van der Waals surface area contributed by atoms with Crippen molar-refractivity contribution in [3.05, 3.63) is 52.0 Å². The molecule has 2 N–H and O–H groups in total. The topological polar surface area (TPSA) is 84.9 Å². The average molecular weight is 394 g/mol. The molecule has 0 heterocycles. The predicted octanol–water partition coefficient (Wildman–Crippen LogP) is 3.27. The molecule has 0 aliphatic rings. The highest BCUT2D eigenvalue weighted by molar-refractivity contribution is 9.10. The third kappa shape index (κ3) is 4.48. The molecule has 0 aliphatic heterocycles. The van der Waals surface area contributed by atoms with E-state index in [0.29, 0.717) is 11.4 Å². The molecule has 0 aromatic heterocycles. The molecule has 0 spiro atoms. The molecule has 1 amide bonds. The van der Waals surface area contributed by atoms with E-state index >= 15 is 0 Å². The SMILES string of the molecule is COc1ccc(C(=O)OCC(=O)Nc2ccc(Br)c(C)c2)c(O)c1. The maximum absolute atomic E-state index is 11.9. The maximum atomic E-state index is 11.9. The van der Waals surface area contributed by atoms with E-state index in [1.165, 1.54) is 25.3 Å². The van der Waals surface area contributed by atoms with Crippen LogP contribution in [0.3, 0.4) is 0 Å². The van der Waals surface area contributed by atoms with Crippen molar-refractivity contribution in [1.82, 2.24) is 0 Å². The van der Waals surface area contributed by atoms with Crippen LogP contribution in [0.4, 0.5) is 5.69 Å². The van der Waals surface area contributed by atoms with Gasteiger partial charge in [-0.1, -0.05) is 15.9 Å². The lowest BCUT2D eigenvalue weighted by Crippen LogP contribution is -2.21. The molecule has 0 fully saturated rings. The van der Waals surface area contributed by atoms with Crippen LogP contribution in [0, 0.1) is 6.92 Å². The van der Waals surface area contributed by atoms with Gasteiger partial charge < -0.3 is 19.9 Å². The highest BCUT2D eigenvalue weighted by Gasteiger charge is 2.15. The van der Waals surface area contributed by atoms with Gasteiger partial charge in [0.05, 0.1) is 7.11 Å². The number of methoxy groups -OCH3 is 1. The zero-order valence-corrected chi connectivity index (χ0v) is 14.7. The number of aromatic hydroxyl groups is 1. The zero-order chi connectivity index (χ0) is 17.7. The molecule has 0 radical (unpaired) electrons. The van der Waals surface area contributed by atoms with E-state index in [-0.39, 0.29) is 11.3 Å². The lowest BCUT2D eigenvalue weighted by molar-refractivity contribution is -0.119. The van der Waals surface area contributed by atoms with Gasteiger partial charge in [-0.05, 0) is 42.8 Å². The Labute approximate surface area is 147 Å². The van der Waals surface area contributed by atoms with Crippen molar-refractivity contribution in [1.29, 1.82) is 0 Å². The van der Waals surface area contributed by atoms with Crippen molar-refractivity contribution >= 4 is 33.5 Å². The number of rotatable bonds is 5. The molecule has 2 rings (SSSR count). The zero-order valence-electron chi connectivity index (χ0n) is 13.1. The highest BCUT2D eigenvalue weighted by atomic mass is 79.9. The number of phenols is 1. The van der Waals surface area contributed by atoms with Gasteiger partial charge in [0.25, 0.3) is 5.91 Å². The van der Waals surface area contributed by atoms with Gasteiger partial charge in [0, 0.05) is 16.2 Å². The normalized spacial score (nSPS) is 10.1. The van der Waals surface area contributed by atoms with E-state index < -0.39 is 18.5 Å². The largest absolute Gasteiger partial charge is 0.507 e. The van der Waals surface area contributed by atoms with Gasteiger partial charge in [-0.2, -0.15) is 0 Å². The Morgan fingerprint density at radius 1 is 1.21 bits per heavy atom. The molecule has 126 valence electrons. The number of ether oxygens (including phenoxy) is 2. The summed E-state index contributed by atoms with van der Waals surface area (Å²) < 4.78 is 10.8. The fourth-order valence-corrected chi connectivity index (χ4v) is 2.19. The van der Waals surface area contributed by atoms with Crippen LogP contribution in [0.5, 0.6) is 11.5 Å². The van der Waals surface area contributed by atoms with Gasteiger partial charge in [-0.25, -0.2) is 4.79 Å². The molecule has 0 saturated carbocycles. The fraction of sp³-hybridized carbons (Fsp3) is 0.176. The standard InChI is InChI=1S/C17H16BrNO5/c1-10-7-11(3-6-14(10)18)19-16(21)9-24-17(22)13-5-4-12(23-2)8-15(13)20/h3-8,20H,9H2,1-2H3,(H,19,21). The molecule has 2 aromatic rings. The van der Waals surface area contributed by atoms with Crippen LogP contribution in [0.1, 0.15) is 15.9 Å². The number of halogens is 1.